The number of nitrogens with one attached hydrogen (secondary N) is 1. The Morgan fingerprint density at radius 3 is 2.47 bits per heavy atom. The van der Waals surface area contributed by atoms with Gasteiger partial charge in [-0.1, -0.05) is 35.9 Å². The molecule has 0 spiro atoms. The summed E-state index contributed by atoms with van der Waals surface area (Å²) in [5.41, 5.74) is 0.318. The van der Waals surface area contributed by atoms with Gasteiger partial charge in [-0.15, -0.1) is 0 Å². The van der Waals surface area contributed by atoms with Gasteiger partial charge in [-0.3, -0.25) is 4.72 Å². The van der Waals surface area contributed by atoms with Gasteiger partial charge in [-0.2, -0.15) is 0 Å². The van der Waals surface area contributed by atoms with Crippen molar-refractivity contribution < 1.29 is 8.42 Å². The summed E-state index contributed by atoms with van der Waals surface area (Å²) in [5, 5.41) is 0.336. The lowest BCUT2D eigenvalue weighted by atomic mass is 10.3. The Labute approximate surface area is 105 Å². The van der Waals surface area contributed by atoms with Crippen LogP contribution >= 0.6 is 11.6 Å². The first-order valence-electron chi connectivity index (χ1n) is 4.83. The minimum atomic E-state index is -3.59. The molecule has 0 heterocycles. The van der Waals surface area contributed by atoms with E-state index in [-0.39, 0.29) is 4.90 Å². The van der Waals surface area contributed by atoms with Crippen LogP contribution in [0.1, 0.15) is 0 Å². The van der Waals surface area contributed by atoms with E-state index in [1.807, 2.05) is 0 Å². The lowest BCUT2D eigenvalue weighted by molar-refractivity contribution is 0.601. The number of hydrogen-bond donors (Lipinski definition) is 1. The molecule has 3 nitrogen and oxygen atoms in total. The molecule has 2 rings (SSSR count). The average Bonchev–Trinajstić information content (AvgIpc) is 2.33. The molecule has 17 heavy (non-hydrogen) atoms. The monoisotopic (exact) mass is 266 g/mol. The van der Waals surface area contributed by atoms with Crippen LogP contribution in [0.15, 0.2) is 53.4 Å². The summed E-state index contributed by atoms with van der Waals surface area (Å²) in [5.74, 6) is 0. The van der Waals surface area contributed by atoms with Crippen molar-refractivity contribution in [1.29, 1.82) is 0 Å². The second-order valence-electron chi connectivity index (χ2n) is 3.32. The third-order valence-corrected chi connectivity index (χ3v) is 3.82. The van der Waals surface area contributed by atoms with Gasteiger partial charge < -0.3 is 0 Å². The molecule has 87 valence electrons. The predicted octanol–water partition coefficient (Wildman–Crippen LogP) is 2.94. The van der Waals surface area contributed by atoms with Gasteiger partial charge in [0.1, 0.15) is 0 Å². The molecule has 0 bridgehead atoms. The molecule has 0 fully saturated rings. The maximum absolute atomic E-state index is 12.0. The van der Waals surface area contributed by atoms with E-state index >= 15 is 0 Å². The highest BCUT2D eigenvalue weighted by molar-refractivity contribution is 7.92. The van der Waals surface area contributed by atoms with E-state index in [1.165, 1.54) is 18.2 Å². The van der Waals surface area contributed by atoms with E-state index in [2.05, 4.69) is 10.8 Å². The van der Waals surface area contributed by atoms with Crippen LogP contribution in [0.2, 0.25) is 5.02 Å². The van der Waals surface area contributed by atoms with Crippen LogP contribution in [0, 0.1) is 6.07 Å². The molecule has 0 aromatic heterocycles. The Morgan fingerprint density at radius 1 is 1.12 bits per heavy atom. The minimum absolute atomic E-state index is 0.194. The quantitative estimate of drug-likeness (QED) is 0.928. The van der Waals surface area contributed by atoms with Crippen molar-refractivity contribution in [3.8, 4) is 0 Å². The molecule has 0 aliphatic heterocycles. The fourth-order valence-corrected chi connectivity index (χ4v) is 2.61. The molecule has 0 saturated heterocycles. The number of benzene rings is 2. The summed E-state index contributed by atoms with van der Waals surface area (Å²) in [6.07, 6.45) is 0. The molecule has 1 radical (unpaired) electrons. The molecule has 5 heteroatoms. The van der Waals surface area contributed by atoms with Gasteiger partial charge in [-0.05, 0) is 30.3 Å². The summed E-state index contributed by atoms with van der Waals surface area (Å²) in [6, 6.07) is 15.5. The summed E-state index contributed by atoms with van der Waals surface area (Å²) in [6.45, 7) is 0. The molecule has 0 aliphatic rings. The van der Waals surface area contributed by atoms with E-state index in [9.17, 15) is 8.42 Å². The molecule has 0 atom stereocenters. The second kappa shape index (κ2) is 4.77. The molecule has 2 aromatic carbocycles. The van der Waals surface area contributed by atoms with Crippen molar-refractivity contribution in [1.82, 2.24) is 0 Å². The van der Waals surface area contributed by atoms with Crippen LogP contribution < -0.4 is 4.72 Å². The van der Waals surface area contributed by atoms with Gasteiger partial charge in [0.15, 0.2) is 0 Å². The summed E-state index contributed by atoms with van der Waals surface area (Å²) >= 11 is 5.87. The fraction of sp³-hybridized carbons (Fsp3) is 0. The Balaban J connectivity index is 2.34. The minimum Gasteiger partial charge on any atom is -0.278 e. The largest absolute Gasteiger partial charge is 0.278 e. The van der Waals surface area contributed by atoms with Crippen molar-refractivity contribution in [2.24, 2.45) is 0 Å². The van der Waals surface area contributed by atoms with E-state index in [0.29, 0.717) is 10.7 Å². The number of anilines is 1. The summed E-state index contributed by atoms with van der Waals surface area (Å²) < 4.78 is 26.4. The number of halogens is 1. The molecule has 0 unspecified atom stereocenters. The summed E-state index contributed by atoms with van der Waals surface area (Å²) in [7, 11) is -3.59. The van der Waals surface area contributed by atoms with Crippen molar-refractivity contribution >= 4 is 27.3 Å². The number of hydrogen-bond acceptors (Lipinski definition) is 2. The van der Waals surface area contributed by atoms with Gasteiger partial charge in [-0.25, -0.2) is 8.42 Å². The molecule has 0 aliphatic carbocycles. The van der Waals surface area contributed by atoms with Crippen molar-refractivity contribution in [2.75, 3.05) is 4.72 Å². The van der Waals surface area contributed by atoms with E-state index in [1.54, 1.807) is 30.3 Å². The lowest BCUT2D eigenvalue weighted by Gasteiger charge is -2.08. The lowest BCUT2D eigenvalue weighted by Crippen LogP contribution is -2.12. The normalized spacial score (nSPS) is 11.1. The number of rotatable bonds is 3. The standard InChI is InChI=1S/C12H9ClNO2S/c13-11-8-4-5-9-12(11)14-17(15,16)10-6-2-1-3-7-10/h1-4,6-9,14H. The first-order valence-corrected chi connectivity index (χ1v) is 6.69. The van der Waals surface area contributed by atoms with E-state index in [0.717, 1.165) is 0 Å². The first-order chi connectivity index (χ1) is 8.09. The smallest absolute Gasteiger partial charge is 0.261 e. The van der Waals surface area contributed by atoms with Crippen LogP contribution in [-0.2, 0) is 10.0 Å². The SMILES string of the molecule is O=S(=O)(Nc1c[c]ccc1Cl)c1ccccc1. The van der Waals surface area contributed by atoms with Gasteiger partial charge >= 0.3 is 0 Å². The van der Waals surface area contributed by atoms with Crippen LogP contribution in [0.4, 0.5) is 5.69 Å². The van der Waals surface area contributed by atoms with Crippen molar-refractivity contribution in [3.05, 3.63) is 59.6 Å². The molecule has 0 amide bonds. The van der Waals surface area contributed by atoms with Gasteiger partial charge in [0.25, 0.3) is 10.0 Å². The fourth-order valence-electron chi connectivity index (χ4n) is 1.29. The predicted molar refractivity (Wildman–Crippen MR) is 67.5 cm³/mol. The van der Waals surface area contributed by atoms with Crippen molar-refractivity contribution in [3.63, 3.8) is 0 Å². The molecule has 0 saturated carbocycles. The Hall–Kier alpha value is -1.52. The van der Waals surface area contributed by atoms with Crippen LogP contribution in [-0.4, -0.2) is 8.42 Å². The van der Waals surface area contributed by atoms with Crippen LogP contribution in [0.25, 0.3) is 0 Å². The van der Waals surface area contributed by atoms with Crippen molar-refractivity contribution in [2.45, 2.75) is 4.90 Å². The highest BCUT2D eigenvalue weighted by atomic mass is 35.5. The van der Waals surface area contributed by atoms with E-state index < -0.39 is 10.0 Å². The zero-order chi connectivity index (χ0) is 12.3. The Kier molecular flexibility index (Phi) is 3.36. The van der Waals surface area contributed by atoms with Crippen LogP contribution in [0.5, 0.6) is 0 Å². The average molecular weight is 267 g/mol. The molecular weight excluding hydrogens is 258 g/mol. The Morgan fingerprint density at radius 2 is 1.82 bits per heavy atom. The maximum Gasteiger partial charge on any atom is 0.261 e. The molecule has 2 aromatic rings. The van der Waals surface area contributed by atoms with Crippen LogP contribution in [0.3, 0.4) is 0 Å². The van der Waals surface area contributed by atoms with E-state index in [4.69, 9.17) is 11.6 Å². The number of sulfonamides is 1. The zero-order valence-corrected chi connectivity index (χ0v) is 10.3. The highest BCUT2D eigenvalue weighted by Crippen LogP contribution is 2.23. The maximum atomic E-state index is 12.0. The van der Waals surface area contributed by atoms with Gasteiger partial charge in [0.05, 0.1) is 15.6 Å². The Bertz CT molecular complexity index is 611. The summed E-state index contributed by atoms with van der Waals surface area (Å²) in [4.78, 5) is 0.194. The molecular formula is C12H9ClNO2S. The highest BCUT2D eigenvalue weighted by Gasteiger charge is 2.14. The zero-order valence-electron chi connectivity index (χ0n) is 8.72. The first kappa shape index (κ1) is 12.0. The third kappa shape index (κ3) is 2.78. The third-order valence-electron chi connectivity index (χ3n) is 2.11. The molecule has 1 N–H and O–H groups in total. The van der Waals surface area contributed by atoms with Gasteiger partial charge in [0, 0.05) is 0 Å². The van der Waals surface area contributed by atoms with Gasteiger partial charge in [0.2, 0.25) is 0 Å². The second-order valence-corrected chi connectivity index (χ2v) is 5.41. The topological polar surface area (TPSA) is 46.2 Å².